The van der Waals surface area contributed by atoms with Gasteiger partial charge in [0.2, 0.25) is 0 Å². The lowest BCUT2D eigenvalue weighted by molar-refractivity contribution is -0.205. The highest BCUT2D eigenvalue weighted by Crippen LogP contribution is 2.39. The van der Waals surface area contributed by atoms with Crippen LogP contribution in [0.5, 0.6) is 0 Å². The molecule has 1 N–H and O–H groups in total. The van der Waals surface area contributed by atoms with E-state index in [1.165, 1.54) is 0 Å². The van der Waals surface area contributed by atoms with Gasteiger partial charge in [0.25, 0.3) is 0 Å². The van der Waals surface area contributed by atoms with Gasteiger partial charge in [-0.2, -0.15) is 13.2 Å². The molecular weight excluding hydrogens is 259 g/mol. The van der Waals surface area contributed by atoms with E-state index < -0.39 is 29.8 Å². The normalized spacial score (nSPS) is 30.3. The molecule has 3 atom stereocenters. The second-order valence-electron chi connectivity index (χ2n) is 6.42. The minimum absolute atomic E-state index is 0.0249. The zero-order chi connectivity index (χ0) is 15.0. The zero-order valence-corrected chi connectivity index (χ0v) is 12.2. The number of nitrogens with zero attached hydrogens (tertiary/aromatic N) is 1. The number of alkyl halides is 3. The van der Waals surface area contributed by atoms with Gasteiger partial charge in [-0.25, -0.2) is 0 Å². The smallest absolute Gasteiger partial charge is 0.391 e. The highest BCUT2D eigenvalue weighted by molar-refractivity contribution is 4.98. The third-order valence-corrected chi connectivity index (χ3v) is 3.38. The van der Waals surface area contributed by atoms with Crippen LogP contribution in [0.15, 0.2) is 0 Å². The summed E-state index contributed by atoms with van der Waals surface area (Å²) < 4.78 is 44.7. The van der Waals surface area contributed by atoms with Crippen LogP contribution in [0.3, 0.4) is 0 Å². The number of β-amino-alcohol motifs (C(OH)–C–C–N with tert-alkyl or cyclic N) is 1. The van der Waals surface area contributed by atoms with E-state index >= 15 is 0 Å². The lowest BCUT2D eigenvalue weighted by atomic mass is 9.97. The van der Waals surface area contributed by atoms with Crippen molar-refractivity contribution in [3.8, 4) is 0 Å². The number of hydrogen-bond donors (Lipinski definition) is 1. The van der Waals surface area contributed by atoms with Gasteiger partial charge < -0.3 is 9.84 Å². The molecule has 1 heterocycles. The van der Waals surface area contributed by atoms with E-state index in [0.29, 0.717) is 0 Å². The fourth-order valence-corrected chi connectivity index (χ4v) is 2.49. The first-order valence-corrected chi connectivity index (χ1v) is 6.58. The summed E-state index contributed by atoms with van der Waals surface area (Å²) in [6.07, 6.45) is -5.79. The number of likely N-dealkylation sites (tertiary alicyclic amines) is 1. The number of halogens is 3. The Labute approximate surface area is 112 Å². The summed E-state index contributed by atoms with van der Waals surface area (Å²) in [7, 11) is 0. The van der Waals surface area contributed by atoms with Crippen LogP contribution in [0.2, 0.25) is 0 Å². The van der Waals surface area contributed by atoms with Crippen LogP contribution in [0.4, 0.5) is 13.2 Å². The summed E-state index contributed by atoms with van der Waals surface area (Å²) in [5.74, 6) is -1.74. The molecule has 3 nitrogen and oxygen atoms in total. The van der Waals surface area contributed by atoms with E-state index in [4.69, 9.17) is 4.74 Å². The molecule has 1 aliphatic rings. The summed E-state index contributed by atoms with van der Waals surface area (Å²) in [5, 5.41) is 9.73. The van der Waals surface area contributed by atoms with Gasteiger partial charge >= 0.3 is 6.18 Å². The predicted molar refractivity (Wildman–Crippen MR) is 66.9 cm³/mol. The molecule has 0 saturated carbocycles. The van der Waals surface area contributed by atoms with Crippen LogP contribution in [-0.2, 0) is 4.74 Å². The quantitative estimate of drug-likeness (QED) is 0.863. The first-order valence-electron chi connectivity index (χ1n) is 6.58. The van der Waals surface area contributed by atoms with Crippen molar-refractivity contribution >= 4 is 0 Å². The largest absolute Gasteiger partial charge is 0.395 e. The molecule has 3 unspecified atom stereocenters. The lowest BCUT2D eigenvalue weighted by Crippen LogP contribution is -2.46. The monoisotopic (exact) mass is 283 g/mol. The third kappa shape index (κ3) is 4.33. The molecule has 0 spiro atoms. The Morgan fingerprint density at radius 1 is 1.26 bits per heavy atom. The molecule has 1 fully saturated rings. The van der Waals surface area contributed by atoms with Gasteiger partial charge in [0.05, 0.1) is 24.2 Å². The van der Waals surface area contributed by atoms with Crippen molar-refractivity contribution in [3.05, 3.63) is 0 Å². The Kier molecular flexibility index (Phi) is 4.91. The molecule has 0 aromatic carbocycles. The summed E-state index contributed by atoms with van der Waals surface area (Å²) in [4.78, 5) is 1.68. The average Bonchev–Trinajstić information content (AvgIpc) is 2.50. The lowest BCUT2D eigenvalue weighted by Gasteiger charge is -2.33. The van der Waals surface area contributed by atoms with E-state index in [9.17, 15) is 18.3 Å². The number of aliphatic hydroxyl groups is 1. The maximum Gasteiger partial charge on any atom is 0.395 e. The fourth-order valence-electron chi connectivity index (χ4n) is 2.49. The van der Waals surface area contributed by atoms with Crippen molar-refractivity contribution in [2.75, 3.05) is 13.2 Å². The van der Waals surface area contributed by atoms with E-state index in [2.05, 4.69) is 0 Å². The molecule has 1 rings (SSSR count). The van der Waals surface area contributed by atoms with E-state index in [0.717, 1.165) is 0 Å². The maximum atomic E-state index is 13.1. The molecule has 0 amide bonds. The molecule has 0 aromatic heterocycles. The fraction of sp³-hybridized carbons (Fsp3) is 1.00. The van der Waals surface area contributed by atoms with Gasteiger partial charge in [-0.15, -0.1) is 0 Å². The van der Waals surface area contributed by atoms with Gasteiger partial charge in [0.1, 0.15) is 0 Å². The summed E-state index contributed by atoms with van der Waals surface area (Å²) >= 11 is 0. The predicted octanol–water partition coefficient (Wildman–Crippen LogP) is 2.43. The van der Waals surface area contributed by atoms with E-state index in [-0.39, 0.29) is 19.2 Å². The van der Waals surface area contributed by atoms with Crippen molar-refractivity contribution in [3.63, 3.8) is 0 Å². The third-order valence-electron chi connectivity index (χ3n) is 3.38. The SMILES string of the molecule is CC(C)N1CC(O)C(C(F)(F)F)C1COC(C)(C)C. The van der Waals surface area contributed by atoms with Gasteiger partial charge in [-0.3, -0.25) is 4.90 Å². The standard InChI is InChI=1S/C13H24F3NO2/c1-8(2)17-6-10(18)11(13(14,15)16)9(17)7-19-12(3,4)5/h8-11,18H,6-7H2,1-5H3. The van der Waals surface area contributed by atoms with E-state index in [1.807, 2.05) is 13.8 Å². The minimum atomic E-state index is -4.41. The van der Waals surface area contributed by atoms with Crippen LogP contribution >= 0.6 is 0 Å². The summed E-state index contributed by atoms with van der Waals surface area (Å²) in [5.41, 5.74) is -0.494. The number of aliphatic hydroxyl groups excluding tert-OH is 1. The maximum absolute atomic E-state index is 13.1. The van der Waals surface area contributed by atoms with Gasteiger partial charge in [0, 0.05) is 18.6 Å². The Morgan fingerprint density at radius 2 is 1.79 bits per heavy atom. The molecular formula is C13H24F3NO2. The molecule has 114 valence electrons. The van der Waals surface area contributed by atoms with Crippen molar-refractivity contribution in [2.24, 2.45) is 5.92 Å². The Bertz CT molecular complexity index is 299. The number of ether oxygens (including phenoxy) is 1. The van der Waals surface area contributed by atoms with Crippen LogP contribution in [0.25, 0.3) is 0 Å². The first kappa shape index (κ1) is 16.7. The molecule has 1 aliphatic heterocycles. The molecule has 0 radical (unpaired) electrons. The molecule has 0 aliphatic carbocycles. The molecule has 1 saturated heterocycles. The van der Waals surface area contributed by atoms with Gasteiger partial charge in [0.15, 0.2) is 0 Å². The van der Waals surface area contributed by atoms with Crippen molar-refractivity contribution < 1.29 is 23.0 Å². The number of rotatable bonds is 3. The zero-order valence-electron chi connectivity index (χ0n) is 12.2. The Balaban J connectivity index is 2.89. The Morgan fingerprint density at radius 3 is 2.16 bits per heavy atom. The molecule has 19 heavy (non-hydrogen) atoms. The van der Waals surface area contributed by atoms with Gasteiger partial charge in [-0.1, -0.05) is 0 Å². The van der Waals surface area contributed by atoms with Crippen molar-refractivity contribution in [1.29, 1.82) is 0 Å². The highest BCUT2D eigenvalue weighted by atomic mass is 19.4. The van der Waals surface area contributed by atoms with Crippen LogP contribution in [0, 0.1) is 5.92 Å². The highest BCUT2D eigenvalue weighted by Gasteiger charge is 2.55. The van der Waals surface area contributed by atoms with Crippen LogP contribution in [0.1, 0.15) is 34.6 Å². The Hall–Kier alpha value is -0.330. The van der Waals surface area contributed by atoms with Crippen LogP contribution < -0.4 is 0 Å². The molecule has 0 bridgehead atoms. The molecule has 0 aromatic rings. The van der Waals surface area contributed by atoms with E-state index in [1.54, 1.807) is 25.7 Å². The second kappa shape index (κ2) is 5.58. The summed E-state index contributed by atoms with van der Waals surface area (Å²) in [6.45, 7) is 9.09. The van der Waals surface area contributed by atoms with Crippen molar-refractivity contribution in [2.45, 2.75) is 64.6 Å². The first-order chi connectivity index (χ1) is 8.43. The van der Waals surface area contributed by atoms with Crippen LogP contribution in [-0.4, -0.2) is 53.1 Å². The minimum Gasteiger partial charge on any atom is -0.391 e. The molecule has 6 heteroatoms. The summed E-state index contributed by atoms with van der Waals surface area (Å²) in [6, 6.07) is -0.884. The average molecular weight is 283 g/mol. The van der Waals surface area contributed by atoms with Crippen molar-refractivity contribution in [1.82, 2.24) is 4.90 Å². The topological polar surface area (TPSA) is 32.7 Å². The van der Waals surface area contributed by atoms with Gasteiger partial charge in [-0.05, 0) is 34.6 Å². The second-order valence-corrected chi connectivity index (χ2v) is 6.42. The number of hydrogen-bond acceptors (Lipinski definition) is 3.